The first-order chi connectivity index (χ1) is 9.49. The molecule has 0 amide bonds. The second-order valence-electron chi connectivity index (χ2n) is 4.81. The van der Waals surface area contributed by atoms with Gasteiger partial charge in [-0.2, -0.15) is 0 Å². The minimum Gasteiger partial charge on any atom is -0.492 e. The van der Waals surface area contributed by atoms with Gasteiger partial charge in [0.05, 0.1) is 23.8 Å². The van der Waals surface area contributed by atoms with E-state index >= 15 is 0 Å². The molecule has 0 fully saturated rings. The number of aliphatic hydroxyl groups excluding tert-OH is 2. The van der Waals surface area contributed by atoms with E-state index in [1.807, 2.05) is 13.8 Å². The molecule has 2 N–H and O–H groups in total. The fraction of sp³-hybridized carbons (Fsp3) is 0.600. The molecule has 1 aromatic rings. The number of benzene rings is 1. The molecule has 0 spiro atoms. The van der Waals surface area contributed by atoms with Crippen molar-refractivity contribution in [3.8, 4) is 5.75 Å². The third kappa shape index (κ3) is 5.13. The van der Waals surface area contributed by atoms with Crippen LogP contribution < -0.4 is 4.74 Å². The quantitative estimate of drug-likeness (QED) is 0.765. The summed E-state index contributed by atoms with van der Waals surface area (Å²) in [6, 6.07) is 3.44. The maximum atomic E-state index is 9.83. The summed E-state index contributed by atoms with van der Waals surface area (Å²) in [5, 5.41) is 20.4. The van der Waals surface area contributed by atoms with Crippen LogP contribution in [0.2, 0.25) is 10.0 Å². The third-order valence-corrected chi connectivity index (χ3v) is 3.61. The Balaban J connectivity index is 2.81. The summed E-state index contributed by atoms with van der Waals surface area (Å²) in [6.07, 6.45) is 0.944. The molecule has 0 saturated carbocycles. The van der Waals surface area contributed by atoms with Crippen LogP contribution >= 0.6 is 23.2 Å². The Kier molecular flexibility index (Phi) is 7.67. The zero-order valence-corrected chi connectivity index (χ0v) is 13.4. The van der Waals surface area contributed by atoms with Crippen LogP contribution in [-0.4, -0.2) is 29.0 Å². The van der Waals surface area contributed by atoms with E-state index in [1.54, 1.807) is 12.1 Å². The van der Waals surface area contributed by atoms with Gasteiger partial charge in [0, 0.05) is 5.02 Å². The zero-order chi connectivity index (χ0) is 15.1. The summed E-state index contributed by atoms with van der Waals surface area (Å²) >= 11 is 12.2. The molecule has 0 saturated heterocycles. The number of ether oxygens (including phenoxy) is 1. The molecule has 0 heterocycles. The maximum absolute atomic E-state index is 9.83. The second kappa shape index (κ2) is 8.73. The van der Waals surface area contributed by atoms with Crippen molar-refractivity contribution in [1.82, 2.24) is 0 Å². The average molecular weight is 321 g/mol. The number of rotatable bonds is 8. The lowest BCUT2D eigenvalue weighted by Gasteiger charge is -2.18. The Bertz CT molecular complexity index is 424. The van der Waals surface area contributed by atoms with Crippen LogP contribution in [0, 0.1) is 0 Å². The topological polar surface area (TPSA) is 49.7 Å². The highest BCUT2D eigenvalue weighted by molar-refractivity contribution is 6.35. The molecular formula is C15H22Cl2O3. The Morgan fingerprint density at radius 2 is 1.85 bits per heavy atom. The predicted molar refractivity (Wildman–Crippen MR) is 82.9 cm³/mol. The Morgan fingerprint density at radius 1 is 1.15 bits per heavy atom. The standard InChI is InChI=1S/C15H22Cl2O3/c1-3-7-20-15-10(8-11(16)9-12(15)17)5-6-14(19)13(18)4-2/h8-9,13-14,18-19H,3-7H2,1-2H3. The van der Waals surface area contributed by atoms with Crippen molar-refractivity contribution in [2.24, 2.45) is 0 Å². The van der Waals surface area contributed by atoms with Crippen LogP contribution in [0.4, 0.5) is 0 Å². The monoisotopic (exact) mass is 320 g/mol. The lowest BCUT2D eigenvalue weighted by Crippen LogP contribution is -2.25. The molecule has 114 valence electrons. The molecule has 0 radical (unpaired) electrons. The fourth-order valence-corrected chi connectivity index (χ4v) is 2.52. The smallest absolute Gasteiger partial charge is 0.141 e. The molecule has 0 aliphatic rings. The van der Waals surface area contributed by atoms with Crippen molar-refractivity contribution >= 4 is 23.2 Å². The second-order valence-corrected chi connectivity index (χ2v) is 5.65. The van der Waals surface area contributed by atoms with Gasteiger partial charge in [-0.25, -0.2) is 0 Å². The molecule has 0 aliphatic carbocycles. The molecule has 2 atom stereocenters. The van der Waals surface area contributed by atoms with Gasteiger partial charge in [-0.3, -0.25) is 0 Å². The molecule has 5 heteroatoms. The van der Waals surface area contributed by atoms with Crippen LogP contribution in [0.1, 0.15) is 38.7 Å². The number of hydrogen-bond acceptors (Lipinski definition) is 3. The predicted octanol–water partition coefficient (Wildman–Crippen LogP) is 3.85. The van der Waals surface area contributed by atoms with E-state index < -0.39 is 12.2 Å². The largest absolute Gasteiger partial charge is 0.492 e. The maximum Gasteiger partial charge on any atom is 0.141 e. The lowest BCUT2D eigenvalue weighted by atomic mass is 10.0. The summed E-state index contributed by atoms with van der Waals surface area (Å²) in [7, 11) is 0. The minimum absolute atomic E-state index is 0.439. The van der Waals surface area contributed by atoms with Crippen molar-refractivity contribution in [3.63, 3.8) is 0 Å². The minimum atomic E-state index is -0.753. The average Bonchev–Trinajstić information content (AvgIpc) is 2.42. The molecule has 2 unspecified atom stereocenters. The summed E-state index contributed by atoms with van der Waals surface area (Å²) in [4.78, 5) is 0. The number of aliphatic hydroxyl groups is 2. The summed E-state index contributed by atoms with van der Waals surface area (Å²) < 4.78 is 5.66. The normalized spacial score (nSPS) is 14.1. The molecule has 1 rings (SSSR count). The van der Waals surface area contributed by atoms with Gasteiger partial charge in [-0.05, 0) is 43.4 Å². The Hall–Kier alpha value is -0.480. The molecule has 0 bridgehead atoms. The van der Waals surface area contributed by atoms with Gasteiger partial charge in [0.25, 0.3) is 0 Å². The van der Waals surface area contributed by atoms with E-state index in [4.69, 9.17) is 27.9 Å². The summed E-state index contributed by atoms with van der Waals surface area (Å²) in [5.41, 5.74) is 0.860. The van der Waals surface area contributed by atoms with Crippen LogP contribution in [0.3, 0.4) is 0 Å². The van der Waals surface area contributed by atoms with Crippen LogP contribution in [0.5, 0.6) is 5.75 Å². The van der Waals surface area contributed by atoms with Gasteiger partial charge >= 0.3 is 0 Å². The lowest BCUT2D eigenvalue weighted by molar-refractivity contribution is 0.0130. The van der Waals surface area contributed by atoms with E-state index in [1.165, 1.54) is 0 Å². The fourth-order valence-electron chi connectivity index (χ4n) is 1.93. The SMILES string of the molecule is CCCOc1c(Cl)cc(Cl)cc1CCC(O)C(O)CC. The Morgan fingerprint density at radius 3 is 2.45 bits per heavy atom. The number of halogens is 2. The van der Waals surface area contributed by atoms with E-state index in [2.05, 4.69) is 0 Å². The molecule has 1 aromatic carbocycles. The Labute approximate surface area is 130 Å². The van der Waals surface area contributed by atoms with E-state index in [-0.39, 0.29) is 0 Å². The van der Waals surface area contributed by atoms with Crippen molar-refractivity contribution in [1.29, 1.82) is 0 Å². The van der Waals surface area contributed by atoms with E-state index in [0.717, 1.165) is 12.0 Å². The van der Waals surface area contributed by atoms with E-state index in [0.29, 0.717) is 41.7 Å². The first-order valence-electron chi connectivity index (χ1n) is 6.96. The van der Waals surface area contributed by atoms with Gasteiger partial charge in [-0.15, -0.1) is 0 Å². The zero-order valence-electron chi connectivity index (χ0n) is 11.9. The van der Waals surface area contributed by atoms with Gasteiger partial charge in [0.15, 0.2) is 0 Å². The van der Waals surface area contributed by atoms with Gasteiger partial charge in [-0.1, -0.05) is 37.0 Å². The van der Waals surface area contributed by atoms with Crippen molar-refractivity contribution in [2.75, 3.05) is 6.61 Å². The third-order valence-electron chi connectivity index (χ3n) is 3.11. The van der Waals surface area contributed by atoms with Crippen molar-refractivity contribution < 1.29 is 14.9 Å². The first-order valence-corrected chi connectivity index (χ1v) is 7.72. The van der Waals surface area contributed by atoms with Crippen molar-refractivity contribution in [3.05, 3.63) is 27.7 Å². The van der Waals surface area contributed by atoms with Gasteiger partial charge < -0.3 is 14.9 Å². The number of hydrogen-bond donors (Lipinski definition) is 2. The highest BCUT2D eigenvalue weighted by Crippen LogP contribution is 2.33. The van der Waals surface area contributed by atoms with Crippen LogP contribution in [0.25, 0.3) is 0 Å². The molecular weight excluding hydrogens is 299 g/mol. The molecule has 20 heavy (non-hydrogen) atoms. The summed E-state index contributed by atoms with van der Waals surface area (Å²) in [6.45, 7) is 4.43. The van der Waals surface area contributed by atoms with Crippen LogP contribution in [-0.2, 0) is 6.42 Å². The molecule has 0 aromatic heterocycles. The number of aryl methyl sites for hydroxylation is 1. The first kappa shape index (κ1) is 17.6. The molecule has 0 aliphatic heterocycles. The highest BCUT2D eigenvalue weighted by Gasteiger charge is 2.17. The van der Waals surface area contributed by atoms with Gasteiger partial charge in [0.2, 0.25) is 0 Å². The van der Waals surface area contributed by atoms with Gasteiger partial charge in [0.1, 0.15) is 5.75 Å². The highest BCUT2D eigenvalue weighted by atomic mass is 35.5. The summed E-state index contributed by atoms with van der Waals surface area (Å²) in [5.74, 6) is 0.621. The van der Waals surface area contributed by atoms with Crippen LogP contribution in [0.15, 0.2) is 12.1 Å². The van der Waals surface area contributed by atoms with E-state index in [9.17, 15) is 10.2 Å². The molecule has 3 nitrogen and oxygen atoms in total. The van der Waals surface area contributed by atoms with Crippen molar-refractivity contribution in [2.45, 2.75) is 51.7 Å².